The molecule has 2 heteroatoms. The zero-order valence-electron chi connectivity index (χ0n) is 15.4. The third-order valence-corrected chi connectivity index (χ3v) is 5.72. The van der Waals surface area contributed by atoms with Crippen LogP contribution in [0.2, 0.25) is 0 Å². The van der Waals surface area contributed by atoms with Crippen LogP contribution in [0, 0.1) is 5.92 Å². The van der Waals surface area contributed by atoms with E-state index in [-0.39, 0.29) is 12.0 Å². The lowest BCUT2D eigenvalue weighted by Gasteiger charge is -2.49. The molecule has 3 rings (SSSR count). The maximum absolute atomic E-state index is 11.8. The van der Waals surface area contributed by atoms with Crippen molar-refractivity contribution in [2.24, 2.45) is 5.92 Å². The summed E-state index contributed by atoms with van der Waals surface area (Å²) in [4.78, 5) is 0. The smallest absolute Gasteiger partial charge is 0.120 e. The molecule has 2 aromatic rings. The number of nitrogens with zero attached hydrogens (tertiary/aromatic N) is 1. The molecule has 0 aromatic heterocycles. The lowest BCUT2D eigenvalue weighted by Crippen LogP contribution is -2.51. The van der Waals surface area contributed by atoms with Crippen molar-refractivity contribution < 1.29 is 9.59 Å². The summed E-state index contributed by atoms with van der Waals surface area (Å²) < 4.78 is 0.819. The number of rotatable bonds is 4. The Balaban J connectivity index is 2.12. The molecule has 128 valence electrons. The summed E-state index contributed by atoms with van der Waals surface area (Å²) >= 11 is 0. The van der Waals surface area contributed by atoms with E-state index in [1.165, 1.54) is 11.1 Å². The second-order valence-corrected chi connectivity index (χ2v) is 8.05. The maximum Gasteiger partial charge on any atom is 0.120 e. The number of hydrogen-bond acceptors (Lipinski definition) is 1. The largest absolute Gasteiger partial charge is 0.385 e. The van der Waals surface area contributed by atoms with Gasteiger partial charge in [-0.2, -0.15) is 0 Å². The van der Waals surface area contributed by atoms with E-state index in [1.54, 1.807) is 0 Å². The van der Waals surface area contributed by atoms with Crippen molar-refractivity contribution in [1.82, 2.24) is 0 Å². The fourth-order valence-electron chi connectivity index (χ4n) is 4.65. The van der Waals surface area contributed by atoms with Crippen molar-refractivity contribution >= 4 is 0 Å². The van der Waals surface area contributed by atoms with Gasteiger partial charge in [0, 0.05) is 11.5 Å². The van der Waals surface area contributed by atoms with Crippen LogP contribution in [0.25, 0.3) is 0 Å². The number of benzene rings is 2. The highest BCUT2D eigenvalue weighted by Crippen LogP contribution is 2.50. The molecule has 1 N–H and O–H groups in total. The first-order valence-corrected chi connectivity index (χ1v) is 9.04. The first kappa shape index (κ1) is 17.2. The van der Waals surface area contributed by atoms with Gasteiger partial charge in [-0.25, -0.2) is 0 Å². The van der Waals surface area contributed by atoms with Crippen LogP contribution in [0.4, 0.5) is 0 Å². The molecule has 0 unspecified atom stereocenters. The zero-order chi connectivity index (χ0) is 17.4. The van der Waals surface area contributed by atoms with Crippen molar-refractivity contribution in [3.63, 3.8) is 0 Å². The van der Waals surface area contributed by atoms with Crippen molar-refractivity contribution in [2.45, 2.75) is 37.8 Å². The highest BCUT2D eigenvalue weighted by atomic mass is 16.3. The molecule has 0 aliphatic heterocycles. The molecule has 0 amide bonds. The van der Waals surface area contributed by atoms with Crippen molar-refractivity contribution in [3.8, 4) is 0 Å². The van der Waals surface area contributed by atoms with Gasteiger partial charge in [-0.05, 0) is 30.4 Å². The highest BCUT2D eigenvalue weighted by molar-refractivity contribution is 5.37. The Labute approximate surface area is 146 Å². The predicted octanol–water partition coefficient (Wildman–Crippen LogP) is 4.29. The summed E-state index contributed by atoms with van der Waals surface area (Å²) in [6.45, 7) is 2.12. The molecule has 1 aliphatic carbocycles. The first-order valence-electron chi connectivity index (χ1n) is 9.04. The average molecular weight is 324 g/mol. The monoisotopic (exact) mass is 324 g/mol. The summed E-state index contributed by atoms with van der Waals surface area (Å²) in [5.74, 6) is 0.208. The maximum atomic E-state index is 11.8. The van der Waals surface area contributed by atoms with Gasteiger partial charge >= 0.3 is 0 Å². The molecule has 2 aromatic carbocycles. The Morgan fingerprint density at radius 2 is 1.67 bits per heavy atom. The molecule has 24 heavy (non-hydrogen) atoms. The van der Waals surface area contributed by atoms with Crippen LogP contribution in [0.5, 0.6) is 0 Å². The van der Waals surface area contributed by atoms with Crippen LogP contribution in [0.1, 0.15) is 42.5 Å². The van der Waals surface area contributed by atoms with Gasteiger partial charge in [0.2, 0.25) is 0 Å². The van der Waals surface area contributed by atoms with Gasteiger partial charge < -0.3 is 9.59 Å². The Hall–Kier alpha value is -1.64. The number of aliphatic hydroxyl groups is 1. The first-order chi connectivity index (χ1) is 11.4. The summed E-state index contributed by atoms with van der Waals surface area (Å²) in [6.07, 6.45) is 2.82. The van der Waals surface area contributed by atoms with Crippen LogP contribution in [-0.2, 0) is 12.0 Å². The van der Waals surface area contributed by atoms with Gasteiger partial charge in [-0.15, -0.1) is 0 Å². The highest BCUT2D eigenvalue weighted by Gasteiger charge is 2.49. The van der Waals surface area contributed by atoms with Crippen LogP contribution >= 0.6 is 0 Å². The third-order valence-electron chi connectivity index (χ3n) is 5.72. The molecule has 0 bridgehead atoms. The predicted molar refractivity (Wildman–Crippen MR) is 99.7 cm³/mol. The third kappa shape index (κ3) is 2.89. The number of hydrogen-bond donors (Lipinski definition) is 1. The van der Waals surface area contributed by atoms with Crippen LogP contribution in [0.3, 0.4) is 0 Å². The molecule has 0 fully saturated rings. The van der Waals surface area contributed by atoms with Gasteiger partial charge in [0.15, 0.2) is 0 Å². The van der Waals surface area contributed by atoms with Crippen molar-refractivity contribution in [3.05, 3.63) is 71.3 Å². The standard InChI is InChI=1S/C22H30NO/c1-5-22(24)19-14-10-9-11-17(19)15-16-20(22)21(23(2,3)4)18-12-7-6-8-13-18/h6-14,20-21,24H,5,15-16H2,1-4H3/q+1/t20-,21-,22-/m0/s1. The van der Waals surface area contributed by atoms with E-state index in [0.29, 0.717) is 0 Å². The second-order valence-electron chi connectivity index (χ2n) is 8.05. The zero-order valence-corrected chi connectivity index (χ0v) is 15.4. The van der Waals surface area contributed by atoms with Gasteiger partial charge in [0.1, 0.15) is 6.04 Å². The average Bonchev–Trinajstić information content (AvgIpc) is 2.57. The number of fused-ring (bicyclic) bond motifs is 1. The molecule has 0 saturated carbocycles. The minimum atomic E-state index is -0.763. The molecule has 3 atom stereocenters. The minimum absolute atomic E-state index is 0.208. The fourth-order valence-corrected chi connectivity index (χ4v) is 4.65. The topological polar surface area (TPSA) is 20.2 Å². The number of quaternary nitrogens is 1. The minimum Gasteiger partial charge on any atom is -0.385 e. The van der Waals surface area contributed by atoms with E-state index in [0.717, 1.165) is 29.3 Å². The summed E-state index contributed by atoms with van der Waals surface area (Å²) in [6, 6.07) is 19.4. The van der Waals surface area contributed by atoms with Gasteiger partial charge in [0.05, 0.1) is 26.7 Å². The van der Waals surface area contributed by atoms with Gasteiger partial charge in [0.25, 0.3) is 0 Å². The molecular weight excluding hydrogens is 294 g/mol. The molecule has 1 aliphatic rings. The molecular formula is C22H30NO+. The summed E-state index contributed by atoms with van der Waals surface area (Å²) in [7, 11) is 6.73. The van der Waals surface area contributed by atoms with Gasteiger partial charge in [-0.1, -0.05) is 61.5 Å². The number of aryl methyl sites for hydroxylation is 1. The molecule has 0 saturated heterocycles. The van der Waals surface area contributed by atoms with E-state index in [2.05, 4.69) is 82.7 Å². The molecule has 0 heterocycles. The Kier molecular flexibility index (Phi) is 4.54. The second kappa shape index (κ2) is 6.34. The molecule has 2 nitrogen and oxygen atoms in total. The van der Waals surface area contributed by atoms with Crippen molar-refractivity contribution in [1.29, 1.82) is 0 Å². The van der Waals surface area contributed by atoms with E-state index in [9.17, 15) is 5.11 Å². The molecule has 0 spiro atoms. The fraction of sp³-hybridized carbons (Fsp3) is 0.455. The van der Waals surface area contributed by atoms with E-state index < -0.39 is 5.60 Å². The summed E-state index contributed by atoms with van der Waals surface area (Å²) in [5, 5.41) is 11.8. The summed E-state index contributed by atoms with van der Waals surface area (Å²) in [5.41, 5.74) is 3.01. The Morgan fingerprint density at radius 1 is 1.04 bits per heavy atom. The SMILES string of the molecule is CC[C@]1(O)c2ccccc2CC[C@H]1[C@H](c1ccccc1)[N+](C)(C)C. The molecule has 0 radical (unpaired) electrons. The van der Waals surface area contributed by atoms with Crippen LogP contribution in [0.15, 0.2) is 54.6 Å². The lowest BCUT2D eigenvalue weighted by molar-refractivity contribution is -0.908. The van der Waals surface area contributed by atoms with E-state index >= 15 is 0 Å². The van der Waals surface area contributed by atoms with Gasteiger partial charge in [-0.3, -0.25) is 0 Å². The van der Waals surface area contributed by atoms with Crippen LogP contribution in [-0.4, -0.2) is 30.7 Å². The van der Waals surface area contributed by atoms with Crippen LogP contribution < -0.4 is 0 Å². The van der Waals surface area contributed by atoms with E-state index in [4.69, 9.17) is 0 Å². The van der Waals surface area contributed by atoms with Crippen molar-refractivity contribution in [2.75, 3.05) is 21.1 Å². The normalized spacial score (nSPS) is 25.1. The quantitative estimate of drug-likeness (QED) is 0.832. The Bertz CT molecular complexity index is 689. The van der Waals surface area contributed by atoms with E-state index in [1.807, 2.05) is 0 Å². The Morgan fingerprint density at radius 3 is 2.29 bits per heavy atom. The lowest BCUT2D eigenvalue weighted by atomic mass is 9.65.